The second kappa shape index (κ2) is 8.89. The Morgan fingerprint density at radius 3 is 2.40 bits per heavy atom. The maximum absolute atomic E-state index is 11.9. The molecule has 130 valence electrons. The van der Waals surface area contributed by atoms with Crippen LogP contribution < -0.4 is 9.47 Å². The number of hydrogen-bond acceptors (Lipinski definition) is 5. The van der Waals surface area contributed by atoms with Crippen molar-refractivity contribution in [2.45, 2.75) is 0 Å². The monoisotopic (exact) mass is 360 g/mol. The van der Waals surface area contributed by atoms with Crippen molar-refractivity contribution in [2.75, 3.05) is 20.8 Å². The van der Waals surface area contributed by atoms with Gasteiger partial charge >= 0.3 is 5.97 Å². The van der Waals surface area contributed by atoms with E-state index >= 15 is 0 Å². The lowest BCUT2D eigenvalue weighted by Crippen LogP contribution is -2.12. The van der Waals surface area contributed by atoms with Crippen LogP contribution in [-0.4, -0.2) is 32.6 Å². The molecule has 0 saturated heterocycles. The van der Waals surface area contributed by atoms with Gasteiger partial charge in [-0.15, -0.1) is 0 Å². The average Bonchev–Trinajstić information content (AvgIpc) is 2.64. The van der Waals surface area contributed by atoms with Crippen LogP contribution >= 0.6 is 11.6 Å². The number of ketones is 1. The van der Waals surface area contributed by atoms with Gasteiger partial charge in [0.2, 0.25) is 0 Å². The molecular formula is C19H17ClO5. The molecule has 0 fully saturated rings. The zero-order valence-electron chi connectivity index (χ0n) is 13.8. The molecule has 0 heterocycles. The van der Waals surface area contributed by atoms with Crippen LogP contribution in [-0.2, 0) is 9.53 Å². The van der Waals surface area contributed by atoms with Gasteiger partial charge in [-0.3, -0.25) is 4.79 Å². The molecule has 0 aliphatic heterocycles. The van der Waals surface area contributed by atoms with Crippen LogP contribution in [0.25, 0.3) is 6.08 Å². The number of hydrogen-bond donors (Lipinski definition) is 0. The van der Waals surface area contributed by atoms with Crippen LogP contribution in [0.4, 0.5) is 0 Å². The Kier molecular flexibility index (Phi) is 6.60. The summed E-state index contributed by atoms with van der Waals surface area (Å²) in [5.41, 5.74) is 1.08. The molecule has 0 spiro atoms. The van der Waals surface area contributed by atoms with Crippen molar-refractivity contribution < 1.29 is 23.8 Å². The first kappa shape index (κ1) is 18.5. The number of carbonyl (C=O) groups excluding carboxylic acids is 2. The molecule has 2 rings (SSSR count). The summed E-state index contributed by atoms with van der Waals surface area (Å²) in [6.07, 6.45) is 2.77. The molecule has 0 aromatic heterocycles. The number of Topliss-reactive ketones (excluding diaryl/α,β-unsaturated/α-hetero) is 1. The lowest BCUT2D eigenvalue weighted by molar-refractivity contribution is -0.136. The molecule has 0 radical (unpaired) electrons. The van der Waals surface area contributed by atoms with Gasteiger partial charge < -0.3 is 14.2 Å². The fraction of sp³-hybridized carbons (Fsp3) is 0.158. The highest BCUT2D eigenvalue weighted by Crippen LogP contribution is 2.31. The first-order valence-corrected chi connectivity index (χ1v) is 7.77. The van der Waals surface area contributed by atoms with E-state index in [1.165, 1.54) is 26.4 Å². The zero-order chi connectivity index (χ0) is 18.2. The molecule has 0 bridgehead atoms. The van der Waals surface area contributed by atoms with E-state index in [0.29, 0.717) is 27.6 Å². The summed E-state index contributed by atoms with van der Waals surface area (Å²) < 4.78 is 15.4. The predicted octanol–water partition coefficient (Wildman–Crippen LogP) is 3.80. The first-order chi connectivity index (χ1) is 12.0. The summed E-state index contributed by atoms with van der Waals surface area (Å²) in [6.45, 7) is -0.347. The maximum atomic E-state index is 11.9. The van der Waals surface area contributed by atoms with Crippen molar-refractivity contribution >= 4 is 29.4 Å². The number of para-hydroxylation sites is 1. The standard InChI is InChI=1S/C19H17ClO5/c1-23-17-5-3-4-14(19(17)24-2)8-11-18(22)25-12-16(21)13-6-9-15(20)10-7-13/h3-11H,12H2,1-2H3. The van der Waals surface area contributed by atoms with Crippen molar-refractivity contribution in [3.05, 3.63) is 64.7 Å². The fourth-order valence-electron chi connectivity index (χ4n) is 2.10. The van der Waals surface area contributed by atoms with Crippen LogP contribution in [0.15, 0.2) is 48.5 Å². The summed E-state index contributed by atoms with van der Waals surface area (Å²) >= 11 is 5.76. The van der Waals surface area contributed by atoms with Crippen molar-refractivity contribution in [3.63, 3.8) is 0 Å². The molecule has 0 saturated carbocycles. The van der Waals surface area contributed by atoms with E-state index in [-0.39, 0.29) is 12.4 Å². The van der Waals surface area contributed by atoms with E-state index in [4.69, 9.17) is 25.8 Å². The summed E-state index contributed by atoms with van der Waals surface area (Å²) in [5, 5.41) is 0.531. The quantitative estimate of drug-likeness (QED) is 0.427. The Labute approximate surface area is 150 Å². The Hall–Kier alpha value is -2.79. The summed E-state index contributed by atoms with van der Waals surface area (Å²) in [5.74, 6) is 0.117. The highest BCUT2D eigenvalue weighted by atomic mass is 35.5. The molecule has 6 heteroatoms. The minimum absolute atomic E-state index is 0.308. The molecular weight excluding hydrogens is 344 g/mol. The lowest BCUT2D eigenvalue weighted by Gasteiger charge is -2.09. The molecule has 2 aromatic rings. The van der Waals surface area contributed by atoms with Gasteiger partial charge in [0.05, 0.1) is 14.2 Å². The minimum Gasteiger partial charge on any atom is -0.493 e. The van der Waals surface area contributed by atoms with Gasteiger partial charge in [0.15, 0.2) is 23.9 Å². The molecule has 0 unspecified atom stereocenters. The largest absolute Gasteiger partial charge is 0.493 e. The number of benzene rings is 2. The van der Waals surface area contributed by atoms with E-state index in [9.17, 15) is 9.59 Å². The van der Waals surface area contributed by atoms with Gasteiger partial charge in [-0.2, -0.15) is 0 Å². The normalized spacial score (nSPS) is 10.5. The molecule has 0 amide bonds. The maximum Gasteiger partial charge on any atom is 0.331 e. The molecule has 25 heavy (non-hydrogen) atoms. The van der Waals surface area contributed by atoms with E-state index in [1.807, 2.05) is 0 Å². The van der Waals surface area contributed by atoms with E-state index in [0.717, 1.165) is 0 Å². The highest BCUT2D eigenvalue weighted by molar-refractivity contribution is 6.30. The minimum atomic E-state index is -0.632. The summed E-state index contributed by atoms with van der Waals surface area (Å²) in [7, 11) is 3.04. The predicted molar refractivity (Wildman–Crippen MR) is 95.3 cm³/mol. The first-order valence-electron chi connectivity index (χ1n) is 7.39. The topological polar surface area (TPSA) is 61.8 Å². The van der Waals surface area contributed by atoms with Crippen LogP contribution in [0, 0.1) is 0 Å². The molecule has 0 aliphatic carbocycles. The van der Waals surface area contributed by atoms with Crippen LogP contribution in [0.1, 0.15) is 15.9 Å². The van der Waals surface area contributed by atoms with E-state index in [1.54, 1.807) is 42.5 Å². The summed E-state index contributed by atoms with van der Waals surface area (Å²) in [4.78, 5) is 23.7. The van der Waals surface area contributed by atoms with Crippen molar-refractivity contribution in [1.29, 1.82) is 0 Å². The number of methoxy groups -OCH3 is 2. The highest BCUT2D eigenvalue weighted by Gasteiger charge is 2.10. The Morgan fingerprint density at radius 2 is 1.76 bits per heavy atom. The average molecular weight is 361 g/mol. The molecule has 0 atom stereocenters. The second-order valence-corrected chi connectivity index (χ2v) is 5.39. The Morgan fingerprint density at radius 1 is 1.04 bits per heavy atom. The third kappa shape index (κ3) is 5.09. The van der Waals surface area contributed by atoms with Gasteiger partial charge in [0.25, 0.3) is 0 Å². The molecule has 5 nitrogen and oxygen atoms in total. The summed E-state index contributed by atoms with van der Waals surface area (Å²) in [6, 6.07) is 11.7. The number of carbonyl (C=O) groups is 2. The number of halogens is 1. The number of rotatable bonds is 7. The molecule has 0 N–H and O–H groups in total. The van der Waals surface area contributed by atoms with Crippen LogP contribution in [0.5, 0.6) is 11.5 Å². The number of ether oxygens (including phenoxy) is 3. The van der Waals surface area contributed by atoms with Gasteiger partial charge in [0, 0.05) is 22.2 Å². The lowest BCUT2D eigenvalue weighted by atomic mass is 10.1. The zero-order valence-corrected chi connectivity index (χ0v) is 14.6. The van der Waals surface area contributed by atoms with Crippen molar-refractivity contribution in [1.82, 2.24) is 0 Å². The van der Waals surface area contributed by atoms with Crippen molar-refractivity contribution in [3.8, 4) is 11.5 Å². The van der Waals surface area contributed by atoms with Gasteiger partial charge in [-0.25, -0.2) is 4.79 Å². The smallest absolute Gasteiger partial charge is 0.331 e. The number of esters is 1. The molecule has 0 aliphatic rings. The Balaban J connectivity index is 1.97. The fourth-order valence-corrected chi connectivity index (χ4v) is 2.23. The Bertz CT molecular complexity index is 781. The third-order valence-electron chi connectivity index (χ3n) is 3.34. The van der Waals surface area contributed by atoms with Gasteiger partial charge in [0.1, 0.15) is 0 Å². The van der Waals surface area contributed by atoms with Crippen LogP contribution in [0.2, 0.25) is 5.02 Å². The van der Waals surface area contributed by atoms with Gasteiger partial charge in [-0.05, 0) is 36.4 Å². The van der Waals surface area contributed by atoms with Gasteiger partial charge in [-0.1, -0.05) is 23.7 Å². The third-order valence-corrected chi connectivity index (χ3v) is 3.60. The van der Waals surface area contributed by atoms with Crippen LogP contribution in [0.3, 0.4) is 0 Å². The SMILES string of the molecule is COc1cccc(C=CC(=O)OCC(=O)c2ccc(Cl)cc2)c1OC. The second-order valence-electron chi connectivity index (χ2n) is 4.95. The van der Waals surface area contributed by atoms with E-state index < -0.39 is 5.97 Å². The van der Waals surface area contributed by atoms with Crippen molar-refractivity contribution in [2.24, 2.45) is 0 Å². The van der Waals surface area contributed by atoms with E-state index in [2.05, 4.69) is 0 Å². The molecule has 2 aromatic carbocycles.